The van der Waals surface area contributed by atoms with Gasteiger partial charge < -0.3 is 20.3 Å². The molecule has 1 aliphatic carbocycles. The number of benzene rings is 2. The molecule has 2 aliphatic rings. The van der Waals surface area contributed by atoms with Crippen LogP contribution in [0.3, 0.4) is 0 Å². The average molecular weight is 458 g/mol. The standard InChI is InChI=1S/C28H31N3O3/c32-27(29-18-21-31-19-5-2-6-20-31)23-12-15-24(16-13-23)30-28(33)22-8-7-11-26(17-14-22)34-25-9-3-1-4-10-25/h1,3-4,7,9-17H,2,5-6,8,18-21H2,(H,29,32)(H,30,33). The van der Waals surface area contributed by atoms with Crippen molar-refractivity contribution in [3.8, 4) is 5.75 Å². The first-order chi connectivity index (χ1) is 16.7. The molecule has 0 radical (unpaired) electrons. The van der Waals surface area contributed by atoms with Crippen LogP contribution in [0.1, 0.15) is 36.0 Å². The number of carbonyl (C=O) groups excluding carboxylic acids is 2. The molecule has 6 heteroatoms. The number of hydrogen-bond acceptors (Lipinski definition) is 4. The number of nitrogens with one attached hydrogen (secondary N) is 2. The average Bonchev–Trinajstić information content (AvgIpc) is 3.11. The minimum atomic E-state index is -0.180. The summed E-state index contributed by atoms with van der Waals surface area (Å²) < 4.78 is 5.84. The number of piperidine rings is 1. The van der Waals surface area contributed by atoms with Crippen LogP contribution in [0.5, 0.6) is 5.75 Å². The molecule has 34 heavy (non-hydrogen) atoms. The quantitative estimate of drug-likeness (QED) is 0.603. The zero-order chi connectivity index (χ0) is 23.6. The highest BCUT2D eigenvalue weighted by molar-refractivity contribution is 6.04. The number of amides is 2. The number of hydrogen-bond donors (Lipinski definition) is 2. The van der Waals surface area contributed by atoms with E-state index in [1.807, 2.05) is 42.5 Å². The third-order valence-electron chi connectivity index (χ3n) is 5.91. The number of allylic oxidation sites excluding steroid dienone is 4. The van der Waals surface area contributed by atoms with Crippen molar-refractivity contribution in [2.45, 2.75) is 25.7 Å². The topological polar surface area (TPSA) is 70.7 Å². The van der Waals surface area contributed by atoms with Crippen LogP contribution in [0.4, 0.5) is 5.69 Å². The first kappa shape index (κ1) is 23.5. The van der Waals surface area contributed by atoms with Crippen LogP contribution in [-0.4, -0.2) is 42.9 Å². The molecule has 2 aromatic carbocycles. The minimum Gasteiger partial charge on any atom is -0.457 e. The number of ether oxygens (including phenoxy) is 1. The van der Waals surface area contributed by atoms with Gasteiger partial charge in [0.25, 0.3) is 11.8 Å². The Morgan fingerprint density at radius 3 is 2.41 bits per heavy atom. The highest BCUT2D eigenvalue weighted by Crippen LogP contribution is 2.19. The van der Waals surface area contributed by atoms with Gasteiger partial charge in [-0.2, -0.15) is 0 Å². The first-order valence-corrected chi connectivity index (χ1v) is 11.9. The van der Waals surface area contributed by atoms with Crippen LogP contribution >= 0.6 is 0 Å². The van der Waals surface area contributed by atoms with Gasteiger partial charge in [-0.1, -0.05) is 30.7 Å². The molecule has 0 atom stereocenters. The third kappa shape index (κ3) is 6.93. The zero-order valence-electron chi connectivity index (χ0n) is 19.3. The molecule has 4 rings (SSSR count). The van der Waals surface area contributed by atoms with E-state index in [1.54, 1.807) is 36.4 Å². The van der Waals surface area contributed by atoms with Crippen molar-refractivity contribution in [2.75, 3.05) is 31.5 Å². The molecule has 0 aromatic heterocycles. The normalized spacial score (nSPS) is 16.1. The SMILES string of the molecule is O=C(Nc1ccc(C(=O)NCCN2CCCCC2)cc1)C1=CC=C(Oc2ccccc2)C=CC1. The largest absolute Gasteiger partial charge is 0.457 e. The lowest BCUT2D eigenvalue weighted by Crippen LogP contribution is -2.37. The number of para-hydroxylation sites is 1. The van der Waals surface area contributed by atoms with Gasteiger partial charge in [0.05, 0.1) is 0 Å². The molecule has 0 saturated carbocycles. The second-order valence-electron chi connectivity index (χ2n) is 8.47. The van der Waals surface area contributed by atoms with Crippen LogP contribution in [0.15, 0.2) is 90.2 Å². The molecule has 2 N–H and O–H groups in total. The highest BCUT2D eigenvalue weighted by atomic mass is 16.5. The summed E-state index contributed by atoms with van der Waals surface area (Å²) in [5.74, 6) is 1.14. The van der Waals surface area contributed by atoms with Crippen molar-refractivity contribution in [2.24, 2.45) is 0 Å². The van der Waals surface area contributed by atoms with Gasteiger partial charge in [0.15, 0.2) is 0 Å². The maximum absolute atomic E-state index is 12.7. The molecular weight excluding hydrogens is 426 g/mol. The lowest BCUT2D eigenvalue weighted by Gasteiger charge is -2.26. The van der Waals surface area contributed by atoms with Crippen LogP contribution in [0.2, 0.25) is 0 Å². The van der Waals surface area contributed by atoms with Gasteiger partial charge in [0, 0.05) is 29.9 Å². The second kappa shape index (κ2) is 12.0. The van der Waals surface area contributed by atoms with Crippen LogP contribution < -0.4 is 15.4 Å². The maximum Gasteiger partial charge on any atom is 0.251 e. The Hall–Kier alpha value is -3.64. The van der Waals surface area contributed by atoms with Gasteiger partial charge in [0.1, 0.15) is 11.5 Å². The van der Waals surface area contributed by atoms with Crippen LogP contribution in [0.25, 0.3) is 0 Å². The summed E-state index contributed by atoms with van der Waals surface area (Å²) in [5.41, 5.74) is 1.86. The molecule has 1 aliphatic heterocycles. The predicted octanol–water partition coefficient (Wildman–Crippen LogP) is 4.69. The Balaban J connectivity index is 1.27. The van der Waals surface area contributed by atoms with Gasteiger partial charge in [0.2, 0.25) is 0 Å². The molecule has 0 bridgehead atoms. The Morgan fingerprint density at radius 1 is 0.882 bits per heavy atom. The Morgan fingerprint density at radius 2 is 1.65 bits per heavy atom. The summed E-state index contributed by atoms with van der Waals surface area (Å²) in [6.45, 7) is 3.76. The van der Waals surface area contributed by atoms with E-state index in [1.165, 1.54) is 19.3 Å². The summed E-state index contributed by atoms with van der Waals surface area (Å²) in [7, 11) is 0. The van der Waals surface area contributed by atoms with Gasteiger partial charge >= 0.3 is 0 Å². The van der Waals surface area contributed by atoms with E-state index in [-0.39, 0.29) is 11.8 Å². The Labute approximate surface area is 201 Å². The van der Waals surface area contributed by atoms with E-state index >= 15 is 0 Å². The maximum atomic E-state index is 12.7. The highest BCUT2D eigenvalue weighted by Gasteiger charge is 2.13. The molecular formula is C28H31N3O3. The second-order valence-corrected chi connectivity index (χ2v) is 8.47. The smallest absolute Gasteiger partial charge is 0.251 e. The van der Waals surface area contributed by atoms with E-state index in [9.17, 15) is 9.59 Å². The molecule has 1 saturated heterocycles. The van der Waals surface area contributed by atoms with Crippen molar-refractivity contribution in [3.05, 3.63) is 95.8 Å². The fourth-order valence-electron chi connectivity index (χ4n) is 4.00. The Bertz CT molecular complexity index is 1070. The monoisotopic (exact) mass is 457 g/mol. The van der Waals surface area contributed by atoms with E-state index in [0.717, 1.165) is 25.4 Å². The molecule has 0 unspecified atom stereocenters. The number of nitrogens with zero attached hydrogens (tertiary/aromatic N) is 1. The van der Waals surface area contributed by atoms with Gasteiger partial charge in [-0.15, -0.1) is 0 Å². The predicted molar refractivity (Wildman–Crippen MR) is 135 cm³/mol. The van der Waals surface area contributed by atoms with E-state index in [2.05, 4.69) is 15.5 Å². The minimum absolute atomic E-state index is 0.0948. The van der Waals surface area contributed by atoms with Gasteiger partial charge in [-0.3, -0.25) is 9.59 Å². The van der Waals surface area contributed by atoms with Crippen molar-refractivity contribution in [1.29, 1.82) is 0 Å². The fourth-order valence-corrected chi connectivity index (χ4v) is 4.00. The summed E-state index contributed by atoms with van der Waals surface area (Å²) in [6, 6.07) is 16.5. The molecule has 1 heterocycles. The number of anilines is 1. The lowest BCUT2D eigenvalue weighted by atomic mass is 10.1. The summed E-state index contributed by atoms with van der Waals surface area (Å²) in [6.07, 6.45) is 11.6. The van der Waals surface area contributed by atoms with Gasteiger partial charge in [-0.05, 0) is 87.0 Å². The molecule has 2 aromatic rings. The molecule has 2 amide bonds. The third-order valence-corrected chi connectivity index (χ3v) is 5.91. The van der Waals surface area contributed by atoms with Crippen molar-refractivity contribution in [3.63, 3.8) is 0 Å². The molecule has 176 valence electrons. The van der Waals surface area contributed by atoms with Crippen LogP contribution in [0, 0.1) is 0 Å². The van der Waals surface area contributed by atoms with Crippen molar-refractivity contribution in [1.82, 2.24) is 10.2 Å². The van der Waals surface area contributed by atoms with E-state index < -0.39 is 0 Å². The van der Waals surface area contributed by atoms with Crippen molar-refractivity contribution < 1.29 is 14.3 Å². The van der Waals surface area contributed by atoms with Crippen LogP contribution in [-0.2, 0) is 4.79 Å². The van der Waals surface area contributed by atoms with Crippen molar-refractivity contribution >= 4 is 17.5 Å². The lowest BCUT2D eigenvalue weighted by molar-refractivity contribution is -0.112. The van der Waals surface area contributed by atoms with E-state index in [4.69, 9.17) is 4.74 Å². The zero-order valence-corrected chi connectivity index (χ0v) is 19.3. The number of likely N-dealkylation sites (tertiary alicyclic amines) is 1. The number of carbonyl (C=O) groups is 2. The first-order valence-electron chi connectivity index (χ1n) is 11.9. The molecule has 1 fully saturated rings. The summed E-state index contributed by atoms with van der Waals surface area (Å²) in [5, 5.41) is 5.89. The Kier molecular flexibility index (Phi) is 8.30. The molecule has 0 spiro atoms. The summed E-state index contributed by atoms with van der Waals surface area (Å²) in [4.78, 5) is 27.5. The molecule has 6 nitrogen and oxygen atoms in total. The fraction of sp³-hybridized carbons (Fsp3) is 0.286. The van der Waals surface area contributed by atoms with E-state index in [0.29, 0.717) is 35.5 Å². The van der Waals surface area contributed by atoms with Gasteiger partial charge in [-0.25, -0.2) is 0 Å². The number of rotatable bonds is 8. The summed E-state index contributed by atoms with van der Waals surface area (Å²) >= 11 is 0.